The van der Waals surface area contributed by atoms with Crippen molar-refractivity contribution in [1.29, 1.82) is 0 Å². The molecule has 8 nitrogen and oxygen atoms in total. The molecule has 2 N–H and O–H groups in total. The lowest BCUT2D eigenvalue weighted by Gasteiger charge is -2.05. The van der Waals surface area contributed by atoms with E-state index in [-0.39, 0.29) is 11.1 Å². The summed E-state index contributed by atoms with van der Waals surface area (Å²) in [6.07, 6.45) is 3.19. The second kappa shape index (κ2) is 9.65. The lowest BCUT2D eigenvalue weighted by atomic mass is 10.2. The minimum absolute atomic E-state index is 0.0683. The number of nitrogens with one attached hydrogen (secondary N) is 2. The number of benzene rings is 3. The number of aromatic carboxylic acids is 2. The molecule has 0 bridgehead atoms. The van der Waals surface area contributed by atoms with Crippen molar-refractivity contribution in [3.05, 3.63) is 95.1 Å². The SMILES string of the molecule is O=C([O-])c1cccc(N/N=C\c2ccc(/C=N\Nc3cccc(C(=O)[O-])c3)cc2)c1. The van der Waals surface area contributed by atoms with E-state index in [1.165, 1.54) is 24.3 Å². The van der Waals surface area contributed by atoms with Crippen LogP contribution in [0.1, 0.15) is 31.8 Å². The molecule has 3 aromatic carbocycles. The minimum atomic E-state index is -1.25. The summed E-state index contributed by atoms with van der Waals surface area (Å²) in [5.74, 6) is -2.50. The highest BCUT2D eigenvalue weighted by Crippen LogP contribution is 2.11. The van der Waals surface area contributed by atoms with E-state index in [0.29, 0.717) is 11.4 Å². The molecular formula is C22H16N4O4-2. The maximum absolute atomic E-state index is 10.9. The monoisotopic (exact) mass is 400 g/mol. The van der Waals surface area contributed by atoms with Gasteiger partial charge in [-0.3, -0.25) is 10.9 Å². The average molecular weight is 400 g/mol. The van der Waals surface area contributed by atoms with Crippen LogP contribution in [0, 0.1) is 0 Å². The second-order valence-electron chi connectivity index (χ2n) is 6.14. The van der Waals surface area contributed by atoms with Crippen molar-refractivity contribution in [3.63, 3.8) is 0 Å². The first kappa shape index (κ1) is 20.3. The van der Waals surface area contributed by atoms with Crippen LogP contribution >= 0.6 is 0 Å². The van der Waals surface area contributed by atoms with Gasteiger partial charge in [0.05, 0.1) is 35.7 Å². The molecule has 0 aliphatic rings. The first-order chi connectivity index (χ1) is 14.5. The van der Waals surface area contributed by atoms with Gasteiger partial charge >= 0.3 is 0 Å². The largest absolute Gasteiger partial charge is 0.545 e. The molecule has 0 radical (unpaired) electrons. The van der Waals surface area contributed by atoms with Crippen LogP contribution in [0.5, 0.6) is 0 Å². The molecule has 0 heterocycles. The topological polar surface area (TPSA) is 129 Å². The van der Waals surface area contributed by atoms with E-state index in [2.05, 4.69) is 21.1 Å². The number of anilines is 2. The maximum Gasteiger partial charge on any atom is 0.0716 e. The number of carbonyl (C=O) groups is 2. The molecule has 0 spiro atoms. The van der Waals surface area contributed by atoms with E-state index in [4.69, 9.17) is 0 Å². The lowest BCUT2D eigenvalue weighted by molar-refractivity contribution is -0.256. The lowest BCUT2D eigenvalue weighted by Crippen LogP contribution is -2.22. The van der Waals surface area contributed by atoms with Gasteiger partial charge in [0.15, 0.2) is 0 Å². The van der Waals surface area contributed by atoms with Gasteiger partial charge in [-0.1, -0.05) is 48.5 Å². The number of carboxylic acids is 2. The Balaban J connectivity index is 1.55. The Kier molecular flexibility index (Phi) is 6.52. The number of nitrogens with zero attached hydrogens (tertiary/aromatic N) is 2. The predicted octanol–water partition coefficient (Wildman–Crippen LogP) is 1.31. The van der Waals surface area contributed by atoms with Crippen LogP contribution in [0.3, 0.4) is 0 Å². The van der Waals surface area contributed by atoms with Gasteiger partial charge in [-0.2, -0.15) is 10.2 Å². The predicted molar refractivity (Wildman–Crippen MR) is 110 cm³/mol. The maximum atomic E-state index is 10.9. The Bertz CT molecular complexity index is 1020. The molecule has 3 rings (SSSR count). The number of carbonyl (C=O) groups excluding carboxylic acids is 2. The molecule has 0 aliphatic carbocycles. The van der Waals surface area contributed by atoms with E-state index in [1.807, 2.05) is 24.3 Å². The molecule has 0 saturated heterocycles. The van der Waals surface area contributed by atoms with Crippen LogP contribution in [-0.4, -0.2) is 24.4 Å². The molecule has 8 heteroatoms. The second-order valence-corrected chi connectivity index (χ2v) is 6.14. The van der Waals surface area contributed by atoms with Gasteiger partial charge in [-0.25, -0.2) is 0 Å². The highest BCUT2D eigenvalue weighted by Gasteiger charge is 1.96. The zero-order valence-corrected chi connectivity index (χ0v) is 15.6. The first-order valence-electron chi connectivity index (χ1n) is 8.82. The third-order valence-electron chi connectivity index (χ3n) is 3.95. The van der Waals surface area contributed by atoms with Crippen LogP contribution in [0.25, 0.3) is 0 Å². The van der Waals surface area contributed by atoms with Crippen LogP contribution in [0.4, 0.5) is 11.4 Å². The summed E-state index contributed by atoms with van der Waals surface area (Å²) in [5, 5.41) is 29.9. The Hall–Kier alpha value is -4.46. The summed E-state index contributed by atoms with van der Waals surface area (Å²) in [4.78, 5) is 21.7. The first-order valence-corrected chi connectivity index (χ1v) is 8.82. The summed E-state index contributed by atoms with van der Waals surface area (Å²) in [6, 6.07) is 19.7. The van der Waals surface area contributed by atoms with Gasteiger partial charge in [0.25, 0.3) is 0 Å². The fourth-order valence-electron chi connectivity index (χ4n) is 2.46. The van der Waals surface area contributed by atoms with Crippen LogP contribution in [-0.2, 0) is 0 Å². The van der Waals surface area contributed by atoms with Crippen molar-refractivity contribution >= 4 is 35.7 Å². The Morgan fingerprint density at radius 3 is 1.43 bits per heavy atom. The summed E-state index contributed by atoms with van der Waals surface area (Å²) in [5.41, 5.74) is 8.38. The van der Waals surface area contributed by atoms with Crippen molar-refractivity contribution < 1.29 is 19.8 Å². The van der Waals surface area contributed by atoms with Crippen LogP contribution < -0.4 is 21.1 Å². The zero-order valence-electron chi connectivity index (χ0n) is 15.6. The fourth-order valence-corrected chi connectivity index (χ4v) is 2.46. The molecule has 3 aromatic rings. The highest BCUT2D eigenvalue weighted by atomic mass is 16.4. The molecule has 0 fully saturated rings. The van der Waals surface area contributed by atoms with Crippen molar-refractivity contribution in [2.75, 3.05) is 10.9 Å². The van der Waals surface area contributed by atoms with E-state index >= 15 is 0 Å². The summed E-state index contributed by atoms with van der Waals surface area (Å²) < 4.78 is 0. The van der Waals surface area contributed by atoms with E-state index in [9.17, 15) is 19.8 Å². The molecule has 0 amide bonds. The Labute approximate surface area is 172 Å². The van der Waals surface area contributed by atoms with Gasteiger partial charge < -0.3 is 19.8 Å². The van der Waals surface area contributed by atoms with E-state index in [1.54, 1.807) is 36.7 Å². The van der Waals surface area contributed by atoms with Crippen LogP contribution in [0.15, 0.2) is 83.0 Å². The number of hydrazone groups is 2. The summed E-state index contributed by atoms with van der Waals surface area (Å²) in [7, 11) is 0. The Morgan fingerprint density at radius 2 is 1.07 bits per heavy atom. The van der Waals surface area contributed by atoms with Crippen molar-refractivity contribution in [1.82, 2.24) is 0 Å². The van der Waals surface area contributed by atoms with Gasteiger partial charge in [-0.15, -0.1) is 0 Å². The minimum Gasteiger partial charge on any atom is -0.545 e. The quantitative estimate of drug-likeness (QED) is 0.433. The van der Waals surface area contributed by atoms with Crippen molar-refractivity contribution in [3.8, 4) is 0 Å². The highest BCUT2D eigenvalue weighted by molar-refractivity contribution is 5.88. The molecule has 30 heavy (non-hydrogen) atoms. The molecule has 0 saturated carbocycles. The molecule has 0 aliphatic heterocycles. The van der Waals surface area contributed by atoms with E-state index in [0.717, 1.165) is 11.1 Å². The molecule has 150 valence electrons. The summed E-state index contributed by atoms with van der Waals surface area (Å²) >= 11 is 0. The standard InChI is InChI=1S/C22H18N4O4/c27-21(28)17-3-1-5-19(11-17)25-23-13-15-7-9-16(10-8-15)14-24-26-20-6-2-4-18(12-20)22(29)30/h1-14,25-26H,(H,27,28)(H,29,30)/p-2/b23-13-,24-14-. The average Bonchev–Trinajstić information content (AvgIpc) is 2.75. The number of hydrogen-bond acceptors (Lipinski definition) is 8. The van der Waals surface area contributed by atoms with Crippen molar-refractivity contribution in [2.24, 2.45) is 10.2 Å². The number of rotatable bonds is 8. The third-order valence-corrected chi connectivity index (χ3v) is 3.95. The van der Waals surface area contributed by atoms with Gasteiger partial charge in [0, 0.05) is 0 Å². The normalized spacial score (nSPS) is 10.9. The van der Waals surface area contributed by atoms with Gasteiger partial charge in [0.2, 0.25) is 0 Å². The molecular weight excluding hydrogens is 384 g/mol. The molecule has 0 unspecified atom stereocenters. The van der Waals surface area contributed by atoms with Gasteiger partial charge in [-0.05, 0) is 46.5 Å². The number of carboxylic acid groups (broad SMARTS) is 2. The van der Waals surface area contributed by atoms with Crippen LogP contribution in [0.2, 0.25) is 0 Å². The number of hydrogen-bond donors (Lipinski definition) is 2. The third kappa shape index (κ3) is 5.77. The van der Waals surface area contributed by atoms with Gasteiger partial charge in [0.1, 0.15) is 0 Å². The van der Waals surface area contributed by atoms with E-state index < -0.39 is 11.9 Å². The van der Waals surface area contributed by atoms with Crippen molar-refractivity contribution in [2.45, 2.75) is 0 Å². The fraction of sp³-hybridized carbons (Fsp3) is 0. The Morgan fingerprint density at radius 1 is 0.667 bits per heavy atom. The zero-order chi connectivity index (χ0) is 21.3. The molecule has 0 aromatic heterocycles. The molecule has 0 atom stereocenters. The summed E-state index contributed by atoms with van der Waals surface area (Å²) in [6.45, 7) is 0. The smallest absolute Gasteiger partial charge is 0.0716 e.